The van der Waals surface area contributed by atoms with Crippen LogP contribution in [0.2, 0.25) is 0 Å². The van der Waals surface area contributed by atoms with Gasteiger partial charge in [0.1, 0.15) is 5.82 Å². The summed E-state index contributed by atoms with van der Waals surface area (Å²) in [5.74, 6) is 0.224. The normalized spacial score (nSPS) is 11.8. The number of fused-ring (bicyclic) bond motifs is 1. The summed E-state index contributed by atoms with van der Waals surface area (Å²) >= 11 is 0. The van der Waals surface area contributed by atoms with Crippen molar-refractivity contribution in [2.45, 2.75) is 6.18 Å². The van der Waals surface area contributed by atoms with Gasteiger partial charge in [0.15, 0.2) is 0 Å². The number of nitro benzene ring substituents is 1. The molecular formula is C14H8F3N3O2. The Balaban J connectivity index is 2.09. The molecule has 1 aromatic heterocycles. The summed E-state index contributed by atoms with van der Waals surface area (Å²) in [5.41, 5.74) is 0.180. The van der Waals surface area contributed by atoms with E-state index in [2.05, 4.69) is 9.97 Å². The molecule has 3 aromatic rings. The first-order chi connectivity index (χ1) is 10.3. The Morgan fingerprint density at radius 2 is 1.91 bits per heavy atom. The summed E-state index contributed by atoms with van der Waals surface area (Å²) in [6.45, 7) is 0. The van der Waals surface area contributed by atoms with Crippen LogP contribution in [0.1, 0.15) is 5.56 Å². The molecule has 0 aliphatic rings. The van der Waals surface area contributed by atoms with Gasteiger partial charge < -0.3 is 4.98 Å². The molecule has 0 unspecified atom stereocenters. The smallest absolute Gasteiger partial charge is 0.338 e. The molecule has 0 aliphatic carbocycles. The lowest BCUT2D eigenvalue weighted by Crippen LogP contribution is -2.04. The quantitative estimate of drug-likeness (QED) is 0.571. The van der Waals surface area contributed by atoms with E-state index in [0.29, 0.717) is 11.0 Å². The summed E-state index contributed by atoms with van der Waals surface area (Å²) in [5, 5.41) is 10.7. The number of alkyl halides is 3. The second-order valence-corrected chi connectivity index (χ2v) is 4.62. The minimum absolute atomic E-state index is 0.130. The zero-order chi connectivity index (χ0) is 15.9. The Labute approximate surface area is 121 Å². The van der Waals surface area contributed by atoms with Crippen molar-refractivity contribution < 1.29 is 18.1 Å². The second kappa shape index (κ2) is 4.83. The average Bonchev–Trinajstić information content (AvgIpc) is 2.89. The van der Waals surface area contributed by atoms with Gasteiger partial charge in [-0.05, 0) is 18.2 Å². The van der Waals surface area contributed by atoms with Crippen LogP contribution in [0.25, 0.3) is 22.4 Å². The fraction of sp³-hybridized carbons (Fsp3) is 0.0714. The minimum atomic E-state index is -4.44. The minimum Gasteiger partial charge on any atom is -0.338 e. The third kappa shape index (κ3) is 2.50. The Morgan fingerprint density at radius 1 is 1.14 bits per heavy atom. The highest BCUT2D eigenvalue weighted by atomic mass is 19.4. The number of nitro groups is 1. The van der Waals surface area contributed by atoms with E-state index in [1.165, 1.54) is 30.3 Å². The van der Waals surface area contributed by atoms with Gasteiger partial charge >= 0.3 is 6.18 Å². The summed E-state index contributed by atoms with van der Waals surface area (Å²) in [4.78, 5) is 17.1. The molecule has 2 aromatic carbocycles. The van der Waals surface area contributed by atoms with Crippen LogP contribution < -0.4 is 0 Å². The Morgan fingerprint density at radius 3 is 2.59 bits per heavy atom. The van der Waals surface area contributed by atoms with Crippen LogP contribution in [0.4, 0.5) is 18.9 Å². The van der Waals surface area contributed by atoms with Gasteiger partial charge in [-0.1, -0.05) is 12.1 Å². The molecule has 1 N–H and O–H groups in total. The number of benzene rings is 2. The Bertz CT molecular complexity index is 871. The van der Waals surface area contributed by atoms with Crippen molar-refractivity contribution in [3.8, 4) is 11.4 Å². The summed E-state index contributed by atoms with van der Waals surface area (Å²) in [7, 11) is 0. The number of non-ortho nitro benzene ring substituents is 1. The third-order valence-electron chi connectivity index (χ3n) is 3.14. The van der Waals surface area contributed by atoms with Gasteiger partial charge in [-0.3, -0.25) is 10.1 Å². The lowest BCUT2D eigenvalue weighted by molar-refractivity contribution is -0.384. The molecule has 0 fully saturated rings. The van der Waals surface area contributed by atoms with E-state index in [-0.39, 0.29) is 17.1 Å². The van der Waals surface area contributed by atoms with Crippen LogP contribution in [0.5, 0.6) is 0 Å². The molecule has 0 aliphatic heterocycles. The van der Waals surface area contributed by atoms with Crippen LogP contribution in [0, 0.1) is 10.1 Å². The Kier molecular flexibility index (Phi) is 3.09. The molecule has 0 spiro atoms. The average molecular weight is 307 g/mol. The number of aromatic amines is 1. The summed E-state index contributed by atoms with van der Waals surface area (Å²) in [6, 6.07) is 8.76. The number of aromatic nitrogens is 2. The zero-order valence-electron chi connectivity index (χ0n) is 10.9. The largest absolute Gasteiger partial charge is 0.416 e. The first-order valence-corrected chi connectivity index (χ1v) is 6.16. The number of rotatable bonds is 2. The van der Waals surface area contributed by atoms with Crippen molar-refractivity contribution >= 4 is 16.7 Å². The van der Waals surface area contributed by atoms with Crippen molar-refractivity contribution in [1.82, 2.24) is 9.97 Å². The maximum atomic E-state index is 12.7. The Hall–Kier alpha value is -2.90. The van der Waals surface area contributed by atoms with E-state index in [4.69, 9.17) is 0 Å². The molecule has 0 radical (unpaired) electrons. The van der Waals surface area contributed by atoms with Crippen molar-refractivity contribution in [1.29, 1.82) is 0 Å². The predicted octanol–water partition coefficient (Wildman–Crippen LogP) is 4.16. The molecule has 3 rings (SSSR count). The highest BCUT2D eigenvalue weighted by Crippen LogP contribution is 2.32. The van der Waals surface area contributed by atoms with Crippen molar-refractivity contribution in [3.63, 3.8) is 0 Å². The molecule has 112 valence electrons. The lowest BCUT2D eigenvalue weighted by Gasteiger charge is -2.07. The van der Waals surface area contributed by atoms with Gasteiger partial charge in [0.2, 0.25) is 0 Å². The van der Waals surface area contributed by atoms with Crippen molar-refractivity contribution in [2.75, 3.05) is 0 Å². The summed E-state index contributed by atoms with van der Waals surface area (Å²) in [6.07, 6.45) is -4.44. The van der Waals surface area contributed by atoms with Gasteiger partial charge in [-0.15, -0.1) is 0 Å². The van der Waals surface area contributed by atoms with Crippen LogP contribution in [0.3, 0.4) is 0 Å². The SMILES string of the molecule is O=[N+]([O-])c1ccc2[nH]c(-c3cccc(C(F)(F)F)c3)nc2c1. The number of nitrogens with zero attached hydrogens (tertiary/aromatic N) is 2. The van der Waals surface area contributed by atoms with E-state index >= 15 is 0 Å². The standard InChI is InChI=1S/C14H8F3N3O2/c15-14(16,17)9-3-1-2-8(6-9)13-18-11-5-4-10(20(21)22)7-12(11)19-13/h1-7H,(H,18,19). The van der Waals surface area contributed by atoms with E-state index in [1.807, 2.05) is 0 Å². The molecular weight excluding hydrogens is 299 g/mol. The maximum absolute atomic E-state index is 12.7. The molecule has 5 nitrogen and oxygen atoms in total. The molecule has 0 saturated heterocycles. The molecule has 0 amide bonds. The monoisotopic (exact) mass is 307 g/mol. The first kappa shape index (κ1) is 14.1. The fourth-order valence-corrected chi connectivity index (χ4v) is 2.09. The van der Waals surface area contributed by atoms with Crippen LogP contribution in [-0.4, -0.2) is 14.9 Å². The number of halogens is 3. The van der Waals surface area contributed by atoms with Crippen LogP contribution in [0.15, 0.2) is 42.5 Å². The first-order valence-electron chi connectivity index (χ1n) is 6.16. The lowest BCUT2D eigenvalue weighted by atomic mass is 10.1. The molecule has 0 saturated carbocycles. The van der Waals surface area contributed by atoms with Gasteiger partial charge in [-0.25, -0.2) is 4.98 Å². The number of hydrogen-bond acceptors (Lipinski definition) is 3. The molecule has 0 bridgehead atoms. The highest BCUT2D eigenvalue weighted by molar-refractivity contribution is 5.81. The van der Waals surface area contributed by atoms with Gasteiger partial charge in [-0.2, -0.15) is 13.2 Å². The van der Waals surface area contributed by atoms with Crippen molar-refractivity contribution in [2.24, 2.45) is 0 Å². The predicted molar refractivity (Wildman–Crippen MR) is 73.2 cm³/mol. The van der Waals surface area contributed by atoms with Gasteiger partial charge in [0.25, 0.3) is 5.69 Å². The molecule has 22 heavy (non-hydrogen) atoms. The van der Waals surface area contributed by atoms with E-state index in [0.717, 1.165) is 12.1 Å². The molecule has 0 atom stereocenters. The van der Waals surface area contributed by atoms with E-state index in [9.17, 15) is 23.3 Å². The third-order valence-corrected chi connectivity index (χ3v) is 3.14. The van der Waals surface area contributed by atoms with Crippen LogP contribution >= 0.6 is 0 Å². The number of nitrogens with one attached hydrogen (secondary N) is 1. The number of hydrogen-bond donors (Lipinski definition) is 1. The van der Waals surface area contributed by atoms with Gasteiger partial charge in [0.05, 0.1) is 21.5 Å². The fourth-order valence-electron chi connectivity index (χ4n) is 2.09. The van der Waals surface area contributed by atoms with E-state index < -0.39 is 16.7 Å². The van der Waals surface area contributed by atoms with Crippen molar-refractivity contribution in [3.05, 3.63) is 58.1 Å². The summed E-state index contributed by atoms with van der Waals surface area (Å²) < 4.78 is 38.2. The molecule has 8 heteroatoms. The van der Waals surface area contributed by atoms with Crippen LogP contribution in [-0.2, 0) is 6.18 Å². The second-order valence-electron chi connectivity index (χ2n) is 4.62. The van der Waals surface area contributed by atoms with E-state index in [1.54, 1.807) is 0 Å². The molecule has 1 heterocycles. The maximum Gasteiger partial charge on any atom is 0.416 e. The zero-order valence-corrected chi connectivity index (χ0v) is 10.9. The van der Waals surface area contributed by atoms with Gasteiger partial charge in [0, 0.05) is 17.7 Å². The highest BCUT2D eigenvalue weighted by Gasteiger charge is 2.30. The number of imidazole rings is 1. The topological polar surface area (TPSA) is 71.8 Å². The number of H-pyrrole nitrogens is 1.